The molecule has 1 aliphatic heterocycles. The van der Waals surface area contributed by atoms with Crippen molar-refractivity contribution >= 4 is 0 Å². The molecular weight excluding hydrogens is 272 g/mol. The van der Waals surface area contributed by atoms with E-state index >= 15 is 0 Å². The van der Waals surface area contributed by atoms with Crippen molar-refractivity contribution in [2.24, 2.45) is 10.8 Å². The van der Waals surface area contributed by atoms with Gasteiger partial charge in [0.1, 0.15) is 0 Å². The van der Waals surface area contributed by atoms with Crippen molar-refractivity contribution in [3.8, 4) is 11.3 Å². The van der Waals surface area contributed by atoms with E-state index in [-0.39, 0.29) is 23.0 Å². The normalized spacial score (nSPS) is 32.5. The van der Waals surface area contributed by atoms with Crippen LogP contribution in [0.4, 0.5) is 0 Å². The second-order valence-corrected chi connectivity index (χ2v) is 7.93. The second kappa shape index (κ2) is 4.45. The van der Waals surface area contributed by atoms with E-state index in [1.165, 1.54) is 23.2 Å². The Kier molecular flexibility index (Phi) is 2.83. The molecule has 2 aliphatic rings. The van der Waals surface area contributed by atoms with Gasteiger partial charge in [0.2, 0.25) is 0 Å². The molecule has 0 radical (unpaired) electrons. The number of aliphatic hydroxyl groups excluding tert-OH is 1. The molecule has 1 N–H and O–H groups in total. The summed E-state index contributed by atoms with van der Waals surface area (Å²) in [6.45, 7) is 6.66. The zero-order chi connectivity index (χ0) is 15.5. The van der Waals surface area contributed by atoms with Gasteiger partial charge in [-0.15, -0.1) is 0 Å². The molecule has 4 rings (SSSR count). The first kappa shape index (κ1) is 14.0. The third kappa shape index (κ3) is 1.69. The summed E-state index contributed by atoms with van der Waals surface area (Å²) in [4.78, 5) is 4.36. The lowest BCUT2D eigenvalue weighted by Gasteiger charge is -2.51. The monoisotopic (exact) mass is 296 g/mol. The highest BCUT2D eigenvalue weighted by molar-refractivity contribution is 5.69. The van der Waals surface area contributed by atoms with Crippen molar-refractivity contribution in [1.82, 2.24) is 9.55 Å². The molecule has 0 saturated heterocycles. The Morgan fingerprint density at radius 2 is 1.95 bits per heavy atom. The zero-order valence-corrected chi connectivity index (χ0v) is 13.6. The van der Waals surface area contributed by atoms with Crippen LogP contribution in [0.3, 0.4) is 0 Å². The van der Waals surface area contributed by atoms with Crippen LogP contribution >= 0.6 is 0 Å². The van der Waals surface area contributed by atoms with E-state index in [1.54, 1.807) is 0 Å². The first-order valence-electron chi connectivity index (χ1n) is 8.24. The molecule has 1 aliphatic carbocycles. The molecule has 0 unspecified atom stereocenters. The van der Waals surface area contributed by atoms with E-state index in [0.29, 0.717) is 0 Å². The summed E-state index contributed by atoms with van der Waals surface area (Å²) in [5.41, 5.74) is 3.58. The number of fused-ring (bicyclic) bond motifs is 3. The highest BCUT2D eigenvalue weighted by Gasteiger charge is 2.53. The number of hydrogen-bond donors (Lipinski definition) is 1. The molecule has 0 spiro atoms. The van der Waals surface area contributed by atoms with Gasteiger partial charge in [-0.25, -0.2) is 4.98 Å². The lowest BCUT2D eigenvalue weighted by Crippen LogP contribution is -2.50. The molecule has 0 amide bonds. The van der Waals surface area contributed by atoms with Crippen LogP contribution in [0.15, 0.2) is 36.8 Å². The number of aromatic nitrogens is 2. The molecule has 2 heterocycles. The molecule has 1 saturated carbocycles. The molecule has 1 aromatic heterocycles. The standard InChI is InChI=1S/C19H24N2O/c1-18(2)9-6-10-19(3,17(18)22)16-14-8-5-4-7-13(14)15-11-20-12-21(15)16/h4-5,7-8,11-12,16-17,22H,6,9-10H2,1-3H3/t16-,17+,19-/m1/s1. The van der Waals surface area contributed by atoms with Crippen LogP contribution in [0.25, 0.3) is 11.3 Å². The topological polar surface area (TPSA) is 38.0 Å². The van der Waals surface area contributed by atoms with Crippen molar-refractivity contribution in [2.75, 3.05) is 0 Å². The van der Waals surface area contributed by atoms with Gasteiger partial charge in [0.15, 0.2) is 0 Å². The zero-order valence-electron chi connectivity index (χ0n) is 13.6. The van der Waals surface area contributed by atoms with E-state index in [0.717, 1.165) is 12.8 Å². The van der Waals surface area contributed by atoms with Crippen LogP contribution in [0.5, 0.6) is 0 Å². The third-order valence-electron chi connectivity index (χ3n) is 6.00. The molecular formula is C19H24N2O. The van der Waals surface area contributed by atoms with Gasteiger partial charge in [-0.2, -0.15) is 0 Å². The summed E-state index contributed by atoms with van der Waals surface area (Å²) < 4.78 is 2.27. The van der Waals surface area contributed by atoms with Crippen molar-refractivity contribution in [1.29, 1.82) is 0 Å². The number of rotatable bonds is 1. The predicted molar refractivity (Wildman–Crippen MR) is 87.5 cm³/mol. The number of benzene rings is 1. The molecule has 0 bridgehead atoms. The lowest BCUT2D eigenvalue weighted by molar-refractivity contribution is -0.100. The maximum Gasteiger partial charge on any atom is 0.0956 e. The minimum Gasteiger partial charge on any atom is -0.392 e. The molecule has 116 valence electrons. The van der Waals surface area contributed by atoms with Crippen molar-refractivity contribution < 1.29 is 5.11 Å². The first-order valence-corrected chi connectivity index (χ1v) is 8.24. The van der Waals surface area contributed by atoms with Crippen molar-refractivity contribution in [3.05, 3.63) is 42.4 Å². The number of nitrogens with zero attached hydrogens (tertiary/aromatic N) is 2. The van der Waals surface area contributed by atoms with Crippen LogP contribution in [-0.2, 0) is 0 Å². The van der Waals surface area contributed by atoms with Gasteiger partial charge < -0.3 is 9.67 Å². The molecule has 2 aromatic rings. The molecule has 3 atom stereocenters. The van der Waals surface area contributed by atoms with Gasteiger partial charge in [-0.1, -0.05) is 51.5 Å². The van der Waals surface area contributed by atoms with Gasteiger partial charge in [-0.3, -0.25) is 0 Å². The smallest absolute Gasteiger partial charge is 0.0956 e. The quantitative estimate of drug-likeness (QED) is 0.862. The SMILES string of the molecule is CC1(C)CCC[C@](C)([C@H]2c3ccccc3-c3cncn32)[C@H]1O. The van der Waals surface area contributed by atoms with Crippen LogP contribution < -0.4 is 0 Å². The van der Waals surface area contributed by atoms with Crippen molar-refractivity contribution in [2.45, 2.75) is 52.2 Å². The lowest BCUT2D eigenvalue weighted by atomic mass is 9.58. The molecule has 3 nitrogen and oxygen atoms in total. The summed E-state index contributed by atoms with van der Waals surface area (Å²) >= 11 is 0. The van der Waals surface area contributed by atoms with E-state index < -0.39 is 0 Å². The Balaban J connectivity index is 1.89. The summed E-state index contributed by atoms with van der Waals surface area (Å²) in [5, 5.41) is 11.2. The third-order valence-corrected chi connectivity index (χ3v) is 6.00. The van der Waals surface area contributed by atoms with Gasteiger partial charge in [0.25, 0.3) is 0 Å². The van der Waals surface area contributed by atoms with Crippen LogP contribution in [-0.4, -0.2) is 20.8 Å². The van der Waals surface area contributed by atoms with Crippen molar-refractivity contribution in [3.63, 3.8) is 0 Å². The maximum atomic E-state index is 11.2. The molecule has 22 heavy (non-hydrogen) atoms. The van der Waals surface area contributed by atoms with E-state index in [1.807, 2.05) is 12.5 Å². The predicted octanol–water partition coefficient (Wildman–Crippen LogP) is 4.03. The van der Waals surface area contributed by atoms with Crippen LogP contribution in [0.2, 0.25) is 0 Å². The molecule has 1 fully saturated rings. The minimum atomic E-state index is -0.319. The number of imidazole rings is 1. The largest absolute Gasteiger partial charge is 0.392 e. The number of aliphatic hydroxyl groups is 1. The average molecular weight is 296 g/mol. The minimum absolute atomic E-state index is 0.0364. The fourth-order valence-electron chi connectivity index (χ4n) is 4.89. The van der Waals surface area contributed by atoms with E-state index in [9.17, 15) is 5.11 Å². The molecule has 3 heteroatoms. The van der Waals surface area contributed by atoms with Crippen LogP contribution in [0.1, 0.15) is 51.6 Å². The fraction of sp³-hybridized carbons (Fsp3) is 0.526. The van der Waals surface area contributed by atoms with Gasteiger partial charge in [0, 0.05) is 11.0 Å². The van der Waals surface area contributed by atoms with E-state index in [4.69, 9.17) is 0 Å². The second-order valence-electron chi connectivity index (χ2n) is 7.93. The van der Waals surface area contributed by atoms with Gasteiger partial charge in [-0.05, 0) is 23.8 Å². The highest BCUT2D eigenvalue weighted by atomic mass is 16.3. The first-order chi connectivity index (χ1) is 10.5. The summed E-state index contributed by atoms with van der Waals surface area (Å²) in [6.07, 6.45) is 6.87. The number of hydrogen-bond acceptors (Lipinski definition) is 2. The Morgan fingerprint density at radius 3 is 2.77 bits per heavy atom. The fourth-order valence-corrected chi connectivity index (χ4v) is 4.89. The summed E-state index contributed by atoms with van der Waals surface area (Å²) in [5.74, 6) is 0. The van der Waals surface area contributed by atoms with E-state index in [2.05, 4.69) is 54.6 Å². The van der Waals surface area contributed by atoms with Crippen LogP contribution in [0, 0.1) is 10.8 Å². The Bertz CT molecular complexity index is 718. The molecule has 1 aromatic carbocycles. The van der Waals surface area contributed by atoms with Gasteiger partial charge >= 0.3 is 0 Å². The Hall–Kier alpha value is -1.61. The Morgan fingerprint density at radius 1 is 1.18 bits per heavy atom. The summed E-state index contributed by atoms with van der Waals surface area (Å²) in [7, 11) is 0. The Labute approximate surface area is 132 Å². The highest BCUT2D eigenvalue weighted by Crippen LogP contribution is 2.57. The maximum absolute atomic E-state index is 11.2. The average Bonchev–Trinajstić information content (AvgIpc) is 3.04. The summed E-state index contributed by atoms with van der Waals surface area (Å²) in [6, 6.07) is 8.76. The van der Waals surface area contributed by atoms with Gasteiger partial charge in [0.05, 0.1) is 30.4 Å².